The van der Waals surface area contributed by atoms with E-state index in [0.717, 1.165) is 22.8 Å². The average molecular weight is 413 g/mol. The van der Waals surface area contributed by atoms with Crippen molar-refractivity contribution < 1.29 is 17.9 Å². The van der Waals surface area contributed by atoms with E-state index in [9.17, 15) is 13.2 Å². The Bertz CT molecular complexity index is 1130. The van der Waals surface area contributed by atoms with Gasteiger partial charge in [0.1, 0.15) is 5.75 Å². The van der Waals surface area contributed by atoms with E-state index < -0.39 is 10.0 Å². The smallest absolute Gasteiger partial charge is 0.257 e. The number of nitrogens with two attached hydrogens (primary N) is 1. The first-order valence-electron chi connectivity index (χ1n) is 8.92. The van der Waals surface area contributed by atoms with Crippen LogP contribution in [0.25, 0.3) is 5.69 Å². The van der Waals surface area contributed by atoms with Crippen molar-refractivity contribution in [3.63, 3.8) is 0 Å². The van der Waals surface area contributed by atoms with Gasteiger partial charge in [0.25, 0.3) is 5.91 Å². The molecule has 0 aliphatic rings. The molecule has 0 spiro atoms. The summed E-state index contributed by atoms with van der Waals surface area (Å²) in [4.78, 5) is 12.8. The Morgan fingerprint density at radius 3 is 2.24 bits per heavy atom. The highest BCUT2D eigenvalue weighted by Gasteiger charge is 2.17. The molecule has 0 aliphatic heterocycles. The molecular formula is C21H23N3O4S. The molecule has 1 heterocycles. The van der Waals surface area contributed by atoms with E-state index in [2.05, 4.69) is 5.32 Å². The molecule has 0 saturated carbocycles. The summed E-state index contributed by atoms with van der Waals surface area (Å²) >= 11 is 0. The molecular weight excluding hydrogens is 390 g/mol. The van der Waals surface area contributed by atoms with Gasteiger partial charge in [0.05, 0.1) is 18.4 Å². The number of hydrogen-bond donors (Lipinski definition) is 2. The molecule has 0 bridgehead atoms. The van der Waals surface area contributed by atoms with Crippen molar-refractivity contribution in [2.75, 3.05) is 12.4 Å². The quantitative estimate of drug-likeness (QED) is 0.648. The van der Waals surface area contributed by atoms with Crippen LogP contribution in [0.2, 0.25) is 0 Å². The van der Waals surface area contributed by atoms with Gasteiger partial charge in [-0.15, -0.1) is 0 Å². The van der Waals surface area contributed by atoms with Crippen molar-refractivity contribution in [1.82, 2.24) is 4.57 Å². The zero-order valence-electron chi connectivity index (χ0n) is 16.5. The fourth-order valence-corrected chi connectivity index (χ4v) is 3.89. The van der Waals surface area contributed by atoms with Crippen molar-refractivity contribution >= 4 is 21.6 Å². The summed E-state index contributed by atoms with van der Waals surface area (Å²) < 4.78 is 29.5. The summed E-state index contributed by atoms with van der Waals surface area (Å²) in [6.07, 6.45) is 0. The number of ether oxygens (including phenoxy) is 1. The SMILES string of the molecule is COc1ccc(-n2c(C)cc(C(=O)Nc3ccc(CS(N)(=O)=O)cc3)c2C)cc1. The number of primary sulfonamides is 1. The summed E-state index contributed by atoms with van der Waals surface area (Å²) in [5, 5.41) is 7.90. The van der Waals surface area contributed by atoms with Gasteiger partial charge < -0.3 is 14.6 Å². The summed E-state index contributed by atoms with van der Waals surface area (Å²) in [5.74, 6) is 0.279. The maximum atomic E-state index is 12.8. The largest absolute Gasteiger partial charge is 0.497 e. The minimum atomic E-state index is -3.59. The van der Waals surface area contributed by atoms with E-state index in [1.807, 2.05) is 48.7 Å². The van der Waals surface area contributed by atoms with Crippen LogP contribution in [0.5, 0.6) is 5.75 Å². The fourth-order valence-electron chi connectivity index (χ4n) is 3.24. The van der Waals surface area contributed by atoms with E-state index in [1.165, 1.54) is 0 Å². The fraction of sp³-hybridized carbons (Fsp3) is 0.190. The molecule has 2 aromatic carbocycles. The molecule has 0 saturated heterocycles. The summed E-state index contributed by atoms with van der Waals surface area (Å²) in [6, 6.07) is 16.0. The van der Waals surface area contributed by atoms with E-state index in [4.69, 9.17) is 9.88 Å². The van der Waals surface area contributed by atoms with Gasteiger partial charge in [-0.1, -0.05) is 12.1 Å². The Balaban J connectivity index is 1.81. The number of methoxy groups -OCH3 is 1. The van der Waals surface area contributed by atoms with Gasteiger partial charge in [0.15, 0.2) is 0 Å². The highest BCUT2D eigenvalue weighted by Crippen LogP contribution is 2.23. The summed E-state index contributed by atoms with van der Waals surface area (Å²) in [7, 11) is -1.98. The predicted molar refractivity (Wildman–Crippen MR) is 113 cm³/mol. The average Bonchev–Trinajstić information content (AvgIpc) is 2.96. The number of sulfonamides is 1. The standard InChI is InChI=1S/C21H23N3O4S/c1-14-12-20(15(2)24(14)18-8-10-19(28-3)11-9-18)21(25)23-17-6-4-16(5-7-17)13-29(22,26)27/h4-12H,13H2,1-3H3,(H,23,25)(H2,22,26,27). The van der Waals surface area contributed by atoms with Crippen molar-refractivity contribution in [2.24, 2.45) is 5.14 Å². The molecule has 3 aromatic rings. The Morgan fingerprint density at radius 2 is 1.69 bits per heavy atom. The van der Waals surface area contributed by atoms with Crippen LogP contribution in [-0.2, 0) is 15.8 Å². The number of anilines is 1. The van der Waals surface area contributed by atoms with Gasteiger partial charge in [-0.2, -0.15) is 0 Å². The first-order valence-corrected chi connectivity index (χ1v) is 10.6. The van der Waals surface area contributed by atoms with Crippen molar-refractivity contribution in [2.45, 2.75) is 19.6 Å². The monoisotopic (exact) mass is 413 g/mol. The minimum Gasteiger partial charge on any atom is -0.497 e. The van der Waals surface area contributed by atoms with Crippen LogP contribution in [0.1, 0.15) is 27.3 Å². The molecule has 0 fully saturated rings. The Morgan fingerprint density at radius 1 is 1.07 bits per heavy atom. The molecule has 7 nitrogen and oxygen atoms in total. The van der Waals surface area contributed by atoms with Crippen LogP contribution >= 0.6 is 0 Å². The third-order valence-corrected chi connectivity index (χ3v) is 5.32. The van der Waals surface area contributed by atoms with Crippen LogP contribution in [0, 0.1) is 13.8 Å². The first-order chi connectivity index (χ1) is 13.7. The van der Waals surface area contributed by atoms with Crippen molar-refractivity contribution in [3.05, 3.63) is 77.1 Å². The van der Waals surface area contributed by atoms with E-state index >= 15 is 0 Å². The zero-order chi connectivity index (χ0) is 21.2. The number of aryl methyl sites for hydroxylation is 1. The Hall–Kier alpha value is -3.10. The topological polar surface area (TPSA) is 103 Å². The lowest BCUT2D eigenvalue weighted by molar-refractivity contribution is 0.102. The maximum Gasteiger partial charge on any atom is 0.257 e. The second-order valence-corrected chi connectivity index (χ2v) is 8.39. The predicted octanol–water partition coefficient (Wildman–Crippen LogP) is 3.14. The van der Waals surface area contributed by atoms with Gasteiger partial charge in [-0.3, -0.25) is 4.79 Å². The third kappa shape index (κ3) is 4.85. The van der Waals surface area contributed by atoms with Crippen LogP contribution in [0.4, 0.5) is 5.69 Å². The summed E-state index contributed by atoms with van der Waals surface area (Å²) in [5.41, 5.74) is 4.38. The number of rotatable bonds is 6. The van der Waals surface area contributed by atoms with Crippen LogP contribution in [-0.4, -0.2) is 26.0 Å². The first kappa shape index (κ1) is 20.6. The van der Waals surface area contributed by atoms with E-state index in [0.29, 0.717) is 16.8 Å². The minimum absolute atomic E-state index is 0.239. The molecule has 0 aliphatic carbocycles. The number of amides is 1. The van der Waals surface area contributed by atoms with Gasteiger partial charge in [0.2, 0.25) is 10.0 Å². The molecule has 0 atom stereocenters. The lowest BCUT2D eigenvalue weighted by Crippen LogP contribution is -2.15. The highest BCUT2D eigenvalue weighted by atomic mass is 32.2. The van der Waals surface area contributed by atoms with Gasteiger partial charge in [-0.25, -0.2) is 13.6 Å². The molecule has 3 rings (SSSR count). The molecule has 0 unspecified atom stereocenters. The Labute approximate surface area is 170 Å². The molecule has 1 amide bonds. The highest BCUT2D eigenvalue weighted by molar-refractivity contribution is 7.88. The zero-order valence-corrected chi connectivity index (χ0v) is 17.3. The second-order valence-electron chi connectivity index (χ2n) is 6.78. The summed E-state index contributed by atoms with van der Waals surface area (Å²) in [6.45, 7) is 3.83. The number of aromatic nitrogens is 1. The number of benzene rings is 2. The Kier molecular flexibility index (Phi) is 5.76. The normalized spacial score (nSPS) is 11.3. The molecule has 1 aromatic heterocycles. The van der Waals surface area contributed by atoms with E-state index in [1.54, 1.807) is 31.4 Å². The maximum absolute atomic E-state index is 12.8. The number of hydrogen-bond acceptors (Lipinski definition) is 4. The van der Waals surface area contributed by atoms with Crippen LogP contribution in [0.15, 0.2) is 54.6 Å². The van der Waals surface area contributed by atoms with E-state index in [-0.39, 0.29) is 11.7 Å². The van der Waals surface area contributed by atoms with Crippen LogP contribution < -0.4 is 15.2 Å². The van der Waals surface area contributed by atoms with Crippen molar-refractivity contribution in [1.29, 1.82) is 0 Å². The van der Waals surface area contributed by atoms with Crippen LogP contribution in [0.3, 0.4) is 0 Å². The number of nitrogens with zero attached hydrogens (tertiary/aromatic N) is 1. The third-order valence-electron chi connectivity index (χ3n) is 4.59. The van der Waals surface area contributed by atoms with Crippen molar-refractivity contribution in [3.8, 4) is 11.4 Å². The lowest BCUT2D eigenvalue weighted by atomic mass is 10.2. The molecule has 29 heavy (non-hydrogen) atoms. The number of carbonyl (C=O) groups excluding carboxylic acids is 1. The second kappa shape index (κ2) is 8.10. The molecule has 8 heteroatoms. The van der Waals surface area contributed by atoms with Gasteiger partial charge in [-0.05, 0) is 61.9 Å². The lowest BCUT2D eigenvalue weighted by Gasteiger charge is -2.11. The molecule has 0 radical (unpaired) electrons. The number of carbonyl (C=O) groups is 1. The van der Waals surface area contributed by atoms with Gasteiger partial charge in [0, 0.05) is 22.8 Å². The molecule has 152 valence electrons. The van der Waals surface area contributed by atoms with Gasteiger partial charge >= 0.3 is 0 Å². The number of nitrogens with one attached hydrogen (secondary N) is 1. The molecule has 3 N–H and O–H groups in total.